The first-order valence-corrected chi connectivity index (χ1v) is 6.52. The maximum Gasteiger partial charge on any atom is 0.124 e. The molecule has 0 saturated heterocycles. The lowest BCUT2D eigenvalue weighted by molar-refractivity contribution is 0.448. The van der Waals surface area contributed by atoms with Crippen LogP contribution in [-0.2, 0) is 0 Å². The minimum Gasteiger partial charge on any atom is -0.341 e. The second-order valence-corrected chi connectivity index (χ2v) is 4.79. The number of H-pyrrole nitrogens is 1. The highest BCUT2D eigenvalue weighted by atomic mass is 15.0. The summed E-state index contributed by atoms with van der Waals surface area (Å²) < 4.78 is 0. The fourth-order valence-electron chi connectivity index (χ4n) is 2.13. The Bertz CT molecular complexity index is 482. The Morgan fingerprint density at radius 3 is 2.89 bits per heavy atom. The van der Waals surface area contributed by atoms with E-state index in [9.17, 15) is 0 Å². The van der Waals surface area contributed by atoms with Crippen molar-refractivity contribution in [2.45, 2.75) is 38.8 Å². The Balaban J connectivity index is 2.03. The highest BCUT2D eigenvalue weighted by Crippen LogP contribution is 2.16. The lowest BCUT2D eigenvalue weighted by Crippen LogP contribution is -2.29. The molecule has 0 radical (unpaired) electrons. The fraction of sp³-hybridized carbons (Fsp3) is 0.400. The van der Waals surface area contributed by atoms with E-state index in [1.54, 1.807) is 0 Å². The van der Waals surface area contributed by atoms with Crippen LogP contribution < -0.4 is 5.32 Å². The summed E-state index contributed by atoms with van der Waals surface area (Å²) in [6, 6.07) is 8.82. The zero-order valence-corrected chi connectivity index (χ0v) is 11.1. The van der Waals surface area contributed by atoms with E-state index in [1.807, 2.05) is 24.3 Å². The van der Waals surface area contributed by atoms with Gasteiger partial charge in [0.1, 0.15) is 5.82 Å². The molecule has 1 aromatic heterocycles. The molecule has 0 aliphatic carbocycles. The van der Waals surface area contributed by atoms with Gasteiger partial charge in [-0.1, -0.05) is 18.2 Å². The summed E-state index contributed by atoms with van der Waals surface area (Å²) in [6.45, 7) is 8.09. The molecule has 96 valence electrons. The van der Waals surface area contributed by atoms with Gasteiger partial charge in [-0.3, -0.25) is 0 Å². The van der Waals surface area contributed by atoms with Gasteiger partial charge in [-0.15, -0.1) is 6.58 Å². The number of fused-ring (bicyclic) bond motifs is 1. The maximum atomic E-state index is 4.61. The number of imidazole rings is 1. The fourth-order valence-corrected chi connectivity index (χ4v) is 2.13. The molecule has 1 heterocycles. The molecule has 0 aliphatic heterocycles. The largest absolute Gasteiger partial charge is 0.341 e. The van der Waals surface area contributed by atoms with Crippen molar-refractivity contribution in [2.24, 2.45) is 0 Å². The molecule has 2 rings (SSSR count). The molecule has 0 aliphatic rings. The van der Waals surface area contributed by atoms with E-state index in [0.29, 0.717) is 6.04 Å². The first-order chi connectivity index (χ1) is 8.70. The first kappa shape index (κ1) is 12.8. The Morgan fingerprint density at radius 1 is 1.39 bits per heavy atom. The van der Waals surface area contributed by atoms with Crippen molar-refractivity contribution in [1.82, 2.24) is 15.3 Å². The molecule has 3 heteroatoms. The molecule has 3 nitrogen and oxygen atoms in total. The average Bonchev–Trinajstić information content (AvgIpc) is 2.80. The van der Waals surface area contributed by atoms with Crippen LogP contribution in [0, 0.1) is 0 Å². The Kier molecular flexibility index (Phi) is 4.15. The third-order valence-corrected chi connectivity index (χ3v) is 3.16. The maximum absolute atomic E-state index is 4.61. The number of rotatable bonds is 6. The zero-order valence-electron chi connectivity index (χ0n) is 11.1. The topological polar surface area (TPSA) is 40.7 Å². The Hall–Kier alpha value is -1.61. The van der Waals surface area contributed by atoms with Crippen molar-refractivity contribution in [3.05, 3.63) is 42.7 Å². The van der Waals surface area contributed by atoms with Crippen molar-refractivity contribution in [3.63, 3.8) is 0 Å². The molecule has 18 heavy (non-hydrogen) atoms. The number of nitrogens with zero attached hydrogens (tertiary/aromatic N) is 1. The SMILES string of the molecule is C=CCCC(C)NC(C)c1nc2ccccc2[nH]1. The predicted molar refractivity (Wildman–Crippen MR) is 76.5 cm³/mol. The van der Waals surface area contributed by atoms with Crippen molar-refractivity contribution >= 4 is 11.0 Å². The molecular formula is C15H21N3. The molecule has 1 aromatic carbocycles. The number of para-hydroxylation sites is 2. The van der Waals surface area contributed by atoms with E-state index < -0.39 is 0 Å². The number of aromatic nitrogens is 2. The van der Waals surface area contributed by atoms with E-state index in [2.05, 4.69) is 41.8 Å². The van der Waals surface area contributed by atoms with Crippen molar-refractivity contribution < 1.29 is 0 Å². The van der Waals surface area contributed by atoms with Crippen molar-refractivity contribution in [2.75, 3.05) is 0 Å². The lowest BCUT2D eigenvalue weighted by Gasteiger charge is -2.17. The normalized spacial score (nSPS) is 14.6. The third kappa shape index (κ3) is 2.99. The number of benzene rings is 1. The molecule has 0 saturated carbocycles. The highest BCUT2D eigenvalue weighted by Gasteiger charge is 2.12. The lowest BCUT2D eigenvalue weighted by atomic mass is 10.1. The summed E-state index contributed by atoms with van der Waals surface area (Å²) in [5, 5.41) is 3.55. The summed E-state index contributed by atoms with van der Waals surface area (Å²) >= 11 is 0. The number of aromatic amines is 1. The Morgan fingerprint density at radius 2 is 2.17 bits per heavy atom. The molecule has 0 bridgehead atoms. The first-order valence-electron chi connectivity index (χ1n) is 6.52. The number of allylic oxidation sites excluding steroid dienone is 1. The van der Waals surface area contributed by atoms with Gasteiger partial charge < -0.3 is 10.3 Å². The van der Waals surface area contributed by atoms with Gasteiger partial charge >= 0.3 is 0 Å². The quantitative estimate of drug-likeness (QED) is 0.761. The van der Waals surface area contributed by atoms with Crippen LogP contribution in [0.2, 0.25) is 0 Å². The predicted octanol–water partition coefficient (Wildman–Crippen LogP) is 3.57. The molecular weight excluding hydrogens is 222 g/mol. The minimum absolute atomic E-state index is 0.234. The second kappa shape index (κ2) is 5.83. The van der Waals surface area contributed by atoms with E-state index in [4.69, 9.17) is 0 Å². The number of nitrogens with one attached hydrogen (secondary N) is 2. The molecule has 0 amide bonds. The van der Waals surface area contributed by atoms with E-state index >= 15 is 0 Å². The molecule has 2 unspecified atom stereocenters. The summed E-state index contributed by atoms with van der Waals surface area (Å²) in [4.78, 5) is 7.97. The van der Waals surface area contributed by atoms with Crippen molar-refractivity contribution in [1.29, 1.82) is 0 Å². The molecule has 2 N–H and O–H groups in total. The highest BCUT2D eigenvalue weighted by molar-refractivity contribution is 5.74. The van der Waals surface area contributed by atoms with E-state index in [1.165, 1.54) is 0 Å². The second-order valence-electron chi connectivity index (χ2n) is 4.79. The Labute approximate surface area is 108 Å². The van der Waals surface area contributed by atoms with Gasteiger partial charge in [-0.05, 0) is 38.8 Å². The monoisotopic (exact) mass is 243 g/mol. The van der Waals surface area contributed by atoms with Gasteiger partial charge in [0.2, 0.25) is 0 Å². The van der Waals surface area contributed by atoms with Crippen LogP contribution in [0.15, 0.2) is 36.9 Å². The van der Waals surface area contributed by atoms with Crippen LogP contribution in [-0.4, -0.2) is 16.0 Å². The van der Waals surface area contributed by atoms with Crippen LogP contribution in [0.4, 0.5) is 0 Å². The van der Waals surface area contributed by atoms with Crippen LogP contribution in [0.5, 0.6) is 0 Å². The van der Waals surface area contributed by atoms with Crippen LogP contribution in [0.3, 0.4) is 0 Å². The van der Waals surface area contributed by atoms with Gasteiger partial charge in [0.15, 0.2) is 0 Å². The summed E-state index contributed by atoms with van der Waals surface area (Å²) in [7, 11) is 0. The van der Waals surface area contributed by atoms with E-state index in [-0.39, 0.29) is 6.04 Å². The van der Waals surface area contributed by atoms with Gasteiger partial charge in [0, 0.05) is 6.04 Å². The number of hydrogen-bond acceptors (Lipinski definition) is 2. The van der Waals surface area contributed by atoms with Crippen LogP contribution in [0.25, 0.3) is 11.0 Å². The van der Waals surface area contributed by atoms with Gasteiger partial charge in [0.05, 0.1) is 17.1 Å². The summed E-state index contributed by atoms with van der Waals surface area (Å²) in [6.07, 6.45) is 4.11. The third-order valence-electron chi connectivity index (χ3n) is 3.16. The van der Waals surface area contributed by atoms with Crippen LogP contribution in [0.1, 0.15) is 38.6 Å². The minimum atomic E-state index is 0.234. The van der Waals surface area contributed by atoms with Gasteiger partial charge in [-0.25, -0.2) is 4.98 Å². The molecule has 2 atom stereocenters. The molecule has 0 fully saturated rings. The smallest absolute Gasteiger partial charge is 0.124 e. The zero-order chi connectivity index (χ0) is 13.0. The van der Waals surface area contributed by atoms with E-state index in [0.717, 1.165) is 29.7 Å². The van der Waals surface area contributed by atoms with Gasteiger partial charge in [0.25, 0.3) is 0 Å². The average molecular weight is 243 g/mol. The van der Waals surface area contributed by atoms with Crippen LogP contribution >= 0.6 is 0 Å². The summed E-state index contributed by atoms with van der Waals surface area (Å²) in [5.74, 6) is 1.00. The van der Waals surface area contributed by atoms with Crippen molar-refractivity contribution in [3.8, 4) is 0 Å². The standard InChI is InChI=1S/C15H21N3/c1-4-5-8-11(2)16-12(3)15-17-13-9-6-7-10-14(13)18-15/h4,6-7,9-12,16H,1,5,8H2,2-3H3,(H,17,18). The molecule has 0 spiro atoms. The summed E-state index contributed by atoms with van der Waals surface area (Å²) in [5.41, 5.74) is 2.12. The molecule has 2 aromatic rings. The number of hydrogen-bond donors (Lipinski definition) is 2. The van der Waals surface area contributed by atoms with Gasteiger partial charge in [-0.2, -0.15) is 0 Å².